The second-order valence-corrected chi connectivity index (χ2v) is 6.88. The van der Waals surface area contributed by atoms with Crippen LogP contribution in [0.5, 0.6) is 0 Å². The first-order chi connectivity index (χ1) is 13.2. The van der Waals surface area contributed by atoms with E-state index in [-0.39, 0.29) is 24.4 Å². The Kier molecular flexibility index (Phi) is 6.22. The van der Waals surface area contributed by atoms with Crippen molar-refractivity contribution in [2.45, 2.75) is 6.04 Å². The van der Waals surface area contributed by atoms with Gasteiger partial charge in [-0.2, -0.15) is 0 Å². The first kappa shape index (κ1) is 18.7. The van der Waals surface area contributed by atoms with E-state index in [1.54, 1.807) is 36.6 Å². The molecule has 2 aromatic carbocycles. The fourth-order valence-corrected chi connectivity index (χ4v) is 3.58. The number of amides is 2. The average Bonchev–Trinajstić information content (AvgIpc) is 3.25. The molecule has 0 aliphatic heterocycles. The third-order valence-corrected chi connectivity index (χ3v) is 5.04. The van der Waals surface area contributed by atoms with Gasteiger partial charge in [0.2, 0.25) is 5.91 Å². The van der Waals surface area contributed by atoms with Crippen molar-refractivity contribution in [3.05, 3.63) is 88.1 Å². The SMILES string of the molecule is CNC(=O)c1ccccc1NCC(=O)N[C@@H](c1ccccc1)c1cccs1. The molecule has 1 aromatic heterocycles. The highest BCUT2D eigenvalue weighted by Crippen LogP contribution is 2.25. The van der Waals surface area contributed by atoms with E-state index >= 15 is 0 Å². The highest BCUT2D eigenvalue weighted by atomic mass is 32.1. The molecule has 1 heterocycles. The van der Waals surface area contributed by atoms with Crippen LogP contribution in [0.4, 0.5) is 5.69 Å². The molecule has 3 rings (SSSR count). The molecule has 0 radical (unpaired) electrons. The van der Waals surface area contributed by atoms with Crippen molar-refractivity contribution >= 4 is 28.8 Å². The summed E-state index contributed by atoms with van der Waals surface area (Å²) in [7, 11) is 1.58. The predicted octanol–water partition coefficient (Wildman–Crippen LogP) is 3.43. The van der Waals surface area contributed by atoms with Gasteiger partial charge in [-0.25, -0.2) is 0 Å². The van der Waals surface area contributed by atoms with E-state index < -0.39 is 0 Å². The molecule has 0 saturated heterocycles. The molecule has 0 aliphatic rings. The van der Waals surface area contributed by atoms with Crippen LogP contribution < -0.4 is 16.0 Å². The van der Waals surface area contributed by atoms with Gasteiger partial charge >= 0.3 is 0 Å². The van der Waals surface area contributed by atoms with Gasteiger partial charge < -0.3 is 16.0 Å². The number of nitrogens with one attached hydrogen (secondary N) is 3. The molecule has 3 aromatic rings. The number of hydrogen-bond acceptors (Lipinski definition) is 4. The van der Waals surface area contributed by atoms with Crippen molar-refractivity contribution < 1.29 is 9.59 Å². The molecular formula is C21H21N3O2S. The first-order valence-corrected chi connectivity index (χ1v) is 9.49. The van der Waals surface area contributed by atoms with Crippen molar-refractivity contribution in [2.24, 2.45) is 0 Å². The molecule has 1 atom stereocenters. The summed E-state index contributed by atoms with van der Waals surface area (Å²) >= 11 is 1.60. The molecule has 6 heteroatoms. The smallest absolute Gasteiger partial charge is 0.253 e. The Bertz CT molecular complexity index is 895. The number of anilines is 1. The zero-order valence-corrected chi connectivity index (χ0v) is 15.8. The minimum absolute atomic E-state index is 0.0721. The van der Waals surface area contributed by atoms with Crippen LogP contribution in [0.15, 0.2) is 72.1 Å². The number of benzene rings is 2. The largest absolute Gasteiger partial charge is 0.376 e. The zero-order valence-electron chi connectivity index (χ0n) is 14.9. The molecule has 0 unspecified atom stereocenters. The Labute approximate surface area is 162 Å². The van der Waals surface area contributed by atoms with Gasteiger partial charge in [0.25, 0.3) is 5.91 Å². The lowest BCUT2D eigenvalue weighted by Gasteiger charge is -2.19. The zero-order chi connectivity index (χ0) is 19.1. The van der Waals surface area contributed by atoms with Gasteiger partial charge in [-0.15, -0.1) is 11.3 Å². The van der Waals surface area contributed by atoms with Crippen LogP contribution >= 0.6 is 11.3 Å². The molecule has 2 amide bonds. The molecule has 0 bridgehead atoms. The average molecular weight is 379 g/mol. The van der Waals surface area contributed by atoms with Crippen LogP contribution in [0.3, 0.4) is 0 Å². The van der Waals surface area contributed by atoms with Gasteiger partial charge in [-0.1, -0.05) is 48.5 Å². The van der Waals surface area contributed by atoms with Gasteiger partial charge in [0, 0.05) is 17.6 Å². The lowest BCUT2D eigenvalue weighted by atomic mass is 10.1. The minimum Gasteiger partial charge on any atom is -0.376 e. The summed E-state index contributed by atoms with van der Waals surface area (Å²) in [6, 6.07) is 20.8. The van der Waals surface area contributed by atoms with Gasteiger partial charge in [0.15, 0.2) is 0 Å². The highest BCUT2D eigenvalue weighted by molar-refractivity contribution is 7.10. The van der Waals surface area contributed by atoms with Gasteiger partial charge in [-0.05, 0) is 29.1 Å². The van der Waals surface area contributed by atoms with Crippen molar-refractivity contribution in [3.8, 4) is 0 Å². The second-order valence-electron chi connectivity index (χ2n) is 5.90. The summed E-state index contributed by atoms with van der Waals surface area (Å²) in [6.07, 6.45) is 0. The Morgan fingerprint density at radius 3 is 2.41 bits per heavy atom. The van der Waals surface area contributed by atoms with E-state index in [4.69, 9.17) is 0 Å². The summed E-state index contributed by atoms with van der Waals surface area (Å²) in [5.41, 5.74) is 2.16. The number of rotatable bonds is 7. The fourth-order valence-electron chi connectivity index (χ4n) is 2.78. The molecule has 0 saturated carbocycles. The maximum Gasteiger partial charge on any atom is 0.253 e. The molecule has 0 spiro atoms. The third-order valence-electron chi connectivity index (χ3n) is 4.10. The molecule has 5 nitrogen and oxygen atoms in total. The summed E-state index contributed by atoms with van der Waals surface area (Å²) in [5.74, 6) is -0.344. The van der Waals surface area contributed by atoms with E-state index in [1.807, 2.05) is 53.9 Å². The highest BCUT2D eigenvalue weighted by Gasteiger charge is 2.18. The maximum absolute atomic E-state index is 12.6. The van der Waals surface area contributed by atoms with Crippen LogP contribution in [-0.2, 0) is 4.79 Å². The normalized spacial score (nSPS) is 11.4. The summed E-state index contributed by atoms with van der Waals surface area (Å²) < 4.78 is 0. The van der Waals surface area contributed by atoms with Gasteiger partial charge in [0.1, 0.15) is 0 Å². The second kappa shape index (κ2) is 9.00. The van der Waals surface area contributed by atoms with E-state index in [2.05, 4.69) is 16.0 Å². The fraction of sp³-hybridized carbons (Fsp3) is 0.143. The number of thiophene rings is 1. The van der Waals surface area contributed by atoms with E-state index in [0.29, 0.717) is 11.3 Å². The van der Waals surface area contributed by atoms with Crippen LogP contribution in [0.2, 0.25) is 0 Å². The standard InChI is InChI=1S/C21H21N3O2S/c1-22-21(26)16-10-5-6-11-17(16)23-14-19(25)24-20(18-12-7-13-27-18)15-8-3-2-4-9-15/h2-13,20,23H,14H2,1H3,(H,22,26)(H,24,25)/t20-/m0/s1. The van der Waals surface area contributed by atoms with Gasteiger partial charge in [0.05, 0.1) is 18.2 Å². The predicted molar refractivity (Wildman–Crippen MR) is 109 cm³/mol. The monoisotopic (exact) mass is 379 g/mol. The third kappa shape index (κ3) is 4.74. The van der Waals surface area contributed by atoms with Crippen molar-refractivity contribution in [1.82, 2.24) is 10.6 Å². The molecule has 3 N–H and O–H groups in total. The quantitative estimate of drug-likeness (QED) is 0.589. The van der Waals surface area contributed by atoms with E-state index in [1.165, 1.54) is 0 Å². The summed E-state index contributed by atoms with van der Waals surface area (Å²) in [6.45, 7) is 0.0721. The number of hydrogen-bond donors (Lipinski definition) is 3. The Morgan fingerprint density at radius 1 is 0.963 bits per heavy atom. The van der Waals surface area contributed by atoms with Crippen LogP contribution in [0.1, 0.15) is 26.8 Å². The van der Waals surface area contributed by atoms with E-state index in [0.717, 1.165) is 10.4 Å². The van der Waals surface area contributed by atoms with Crippen molar-refractivity contribution in [2.75, 3.05) is 18.9 Å². The molecule has 0 aliphatic carbocycles. The Hall–Kier alpha value is -3.12. The maximum atomic E-state index is 12.6. The Balaban J connectivity index is 1.70. The van der Waals surface area contributed by atoms with Gasteiger partial charge in [-0.3, -0.25) is 9.59 Å². The van der Waals surface area contributed by atoms with Crippen molar-refractivity contribution in [1.29, 1.82) is 0 Å². The van der Waals surface area contributed by atoms with Crippen molar-refractivity contribution in [3.63, 3.8) is 0 Å². The molecule has 27 heavy (non-hydrogen) atoms. The summed E-state index contributed by atoms with van der Waals surface area (Å²) in [4.78, 5) is 25.6. The number of carbonyl (C=O) groups excluding carboxylic acids is 2. The molecular weight excluding hydrogens is 358 g/mol. The van der Waals surface area contributed by atoms with E-state index in [9.17, 15) is 9.59 Å². The topological polar surface area (TPSA) is 70.2 Å². The molecule has 0 fully saturated rings. The van der Waals surface area contributed by atoms with Crippen LogP contribution in [0, 0.1) is 0 Å². The number of para-hydroxylation sites is 1. The van der Waals surface area contributed by atoms with Crippen LogP contribution in [-0.4, -0.2) is 25.4 Å². The summed E-state index contributed by atoms with van der Waals surface area (Å²) in [5, 5.41) is 10.7. The lowest BCUT2D eigenvalue weighted by Crippen LogP contribution is -2.34. The Morgan fingerprint density at radius 2 is 1.70 bits per heavy atom. The lowest BCUT2D eigenvalue weighted by molar-refractivity contribution is -0.119. The number of carbonyl (C=O) groups is 2. The molecule has 138 valence electrons. The first-order valence-electron chi connectivity index (χ1n) is 8.61. The minimum atomic E-state index is -0.199. The van der Waals surface area contributed by atoms with Crippen LogP contribution in [0.25, 0.3) is 0 Å².